The number of hydrogen-bond donors (Lipinski definition) is 0. The summed E-state index contributed by atoms with van der Waals surface area (Å²) in [5, 5.41) is 0.331. The molecule has 108 valence electrons. The van der Waals surface area contributed by atoms with Crippen molar-refractivity contribution in [3.63, 3.8) is 0 Å². The smallest absolute Gasteiger partial charge is 0.252 e. The number of aromatic nitrogens is 1. The van der Waals surface area contributed by atoms with Crippen LogP contribution in [-0.2, 0) is 21.8 Å². The molecule has 3 nitrogen and oxygen atoms in total. The van der Waals surface area contributed by atoms with Crippen LogP contribution in [0.25, 0.3) is 10.9 Å². The number of alkyl halides is 3. The van der Waals surface area contributed by atoms with Gasteiger partial charge in [-0.3, -0.25) is 4.98 Å². The topological polar surface area (TPSA) is 47.0 Å². The predicted molar refractivity (Wildman–Crippen MR) is 69.9 cm³/mol. The fourth-order valence-electron chi connectivity index (χ4n) is 1.75. The normalized spacial score (nSPS) is 12.8. The lowest BCUT2D eigenvalue weighted by molar-refractivity contribution is -0.137. The van der Waals surface area contributed by atoms with E-state index in [-0.39, 0.29) is 11.5 Å². The van der Waals surface area contributed by atoms with Crippen molar-refractivity contribution >= 4 is 20.7 Å². The number of pyridine rings is 1. The molecule has 0 saturated heterocycles. The van der Waals surface area contributed by atoms with Crippen molar-refractivity contribution in [3.8, 4) is 0 Å². The van der Waals surface area contributed by atoms with Crippen LogP contribution in [0.1, 0.15) is 18.2 Å². The van der Waals surface area contributed by atoms with E-state index in [2.05, 4.69) is 4.98 Å². The van der Waals surface area contributed by atoms with Crippen LogP contribution in [0.2, 0.25) is 0 Å². The van der Waals surface area contributed by atoms with Crippen LogP contribution in [-0.4, -0.2) is 19.2 Å². The molecule has 0 fully saturated rings. The number of halogens is 3. The Morgan fingerprint density at radius 1 is 1.15 bits per heavy atom. The summed E-state index contributed by atoms with van der Waals surface area (Å²) in [5.74, 6) is -0.208. The third-order valence-electron chi connectivity index (χ3n) is 2.88. The molecule has 1 aromatic heterocycles. The molecule has 0 spiro atoms. The van der Waals surface area contributed by atoms with Gasteiger partial charge in [-0.1, -0.05) is 13.0 Å². The largest absolute Gasteiger partial charge is 0.416 e. The minimum atomic E-state index is -4.40. The van der Waals surface area contributed by atoms with E-state index >= 15 is 0 Å². The van der Waals surface area contributed by atoms with Gasteiger partial charge in [-0.05, 0) is 24.3 Å². The number of benzene rings is 1. The molecule has 0 bridgehead atoms. The van der Waals surface area contributed by atoms with E-state index in [1.165, 1.54) is 25.1 Å². The van der Waals surface area contributed by atoms with Gasteiger partial charge in [-0.2, -0.15) is 13.2 Å². The fraction of sp³-hybridized carbons (Fsp3) is 0.308. The van der Waals surface area contributed by atoms with E-state index in [1.807, 2.05) is 0 Å². The van der Waals surface area contributed by atoms with Crippen molar-refractivity contribution in [2.45, 2.75) is 18.9 Å². The Morgan fingerprint density at radius 2 is 1.85 bits per heavy atom. The second kappa shape index (κ2) is 5.05. The third-order valence-corrected chi connectivity index (χ3v) is 4.50. The number of rotatable bonds is 3. The monoisotopic (exact) mass is 303 g/mol. The lowest BCUT2D eigenvalue weighted by atomic mass is 10.1. The van der Waals surface area contributed by atoms with Crippen molar-refractivity contribution in [3.05, 3.63) is 41.6 Å². The first-order chi connectivity index (χ1) is 9.21. The zero-order chi connectivity index (χ0) is 15.0. The standard InChI is InChI=1S/C13H12F3NO2S/c1-2-20(18,19)8-11-5-3-9-7-10(13(14,15)16)4-6-12(9)17-11/h3-7H,2,8H2,1H3. The maximum Gasteiger partial charge on any atom is 0.416 e. The van der Waals surface area contributed by atoms with E-state index < -0.39 is 21.6 Å². The summed E-state index contributed by atoms with van der Waals surface area (Å²) >= 11 is 0. The molecule has 1 heterocycles. The van der Waals surface area contributed by atoms with Crippen LogP contribution in [0, 0.1) is 0 Å². The Hall–Kier alpha value is -1.63. The van der Waals surface area contributed by atoms with Gasteiger partial charge in [0.05, 0.1) is 22.5 Å². The maximum absolute atomic E-state index is 12.6. The second-order valence-corrected chi connectivity index (χ2v) is 6.74. The first-order valence-corrected chi connectivity index (χ1v) is 7.71. The highest BCUT2D eigenvalue weighted by molar-refractivity contribution is 7.90. The third kappa shape index (κ3) is 3.27. The molecule has 1 aromatic carbocycles. The molecule has 0 saturated carbocycles. The lowest BCUT2D eigenvalue weighted by Crippen LogP contribution is -2.08. The Morgan fingerprint density at radius 3 is 2.45 bits per heavy atom. The van der Waals surface area contributed by atoms with Crippen LogP contribution < -0.4 is 0 Å². The molecule has 0 N–H and O–H groups in total. The molecule has 7 heteroatoms. The molecule has 0 atom stereocenters. The van der Waals surface area contributed by atoms with E-state index in [9.17, 15) is 21.6 Å². The average Bonchev–Trinajstić information content (AvgIpc) is 2.36. The Kier molecular flexibility index (Phi) is 3.73. The Bertz CT molecular complexity index is 739. The zero-order valence-corrected chi connectivity index (χ0v) is 11.4. The summed E-state index contributed by atoms with van der Waals surface area (Å²) < 4.78 is 60.7. The SMILES string of the molecule is CCS(=O)(=O)Cc1ccc2cc(C(F)(F)F)ccc2n1. The molecule has 0 unspecified atom stereocenters. The molecule has 0 radical (unpaired) electrons. The minimum Gasteiger partial charge on any atom is -0.252 e. The molecule has 0 aliphatic rings. The molecule has 20 heavy (non-hydrogen) atoms. The predicted octanol–water partition coefficient (Wildman–Crippen LogP) is 3.19. The Labute approximate surface area is 114 Å². The van der Waals surface area contributed by atoms with Crippen LogP contribution in [0.5, 0.6) is 0 Å². The van der Waals surface area contributed by atoms with Gasteiger partial charge in [0.2, 0.25) is 0 Å². The summed E-state index contributed by atoms with van der Waals surface area (Å²) in [5.41, 5.74) is -0.0679. The molecule has 2 aromatic rings. The van der Waals surface area contributed by atoms with E-state index in [1.54, 1.807) is 0 Å². The van der Waals surface area contributed by atoms with Crippen molar-refractivity contribution in [1.29, 1.82) is 0 Å². The highest BCUT2D eigenvalue weighted by atomic mass is 32.2. The highest BCUT2D eigenvalue weighted by Crippen LogP contribution is 2.31. The molecular weight excluding hydrogens is 291 g/mol. The van der Waals surface area contributed by atoms with Crippen LogP contribution in [0.3, 0.4) is 0 Å². The molecule has 0 aliphatic carbocycles. The lowest BCUT2D eigenvalue weighted by Gasteiger charge is -2.08. The van der Waals surface area contributed by atoms with Crippen LogP contribution in [0.15, 0.2) is 30.3 Å². The summed E-state index contributed by atoms with van der Waals surface area (Å²) in [4.78, 5) is 4.09. The van der Waals surface area contributed by atoms with Crippen molar-refractivity contribution in [1.82, 2.24) is 4.98 Å². The molecular formula is C13H12F3NO2S. The quantitative estimate of drug-likeness (QED) is 0.875. The van der Waals surface area contributed by atoms with Crippen LogP contribution >= 0.6 is 0 Å². The van der Waals surface area contributed by atoms with Gasteiger partial charge in [-0.25, -0.2) is 8.42 Å². The van der Waals surface area contributed by atoms with Crippen molar-refractivity contribution < 1.29 is 21.6 Å². The molecule has 0 amide bonds. The van der Waals surface area contributed by atoms with Gasteiger partial charge in [-0.15, -0.1) is 0 Å². The van der Waals surface area contributed by atoms with Gasteiger partial charge >= 0.3 is 6.18 Å². The van der Waals surface area contributed by atoms with Gasteiger partial charge in [0.1, 0.15) is 0 Å². The maximum atomic E-state index is 12.6. The van der Waals surface area contributed by atoms with Gasteiger partial charge < -0.3 is 0 Å². The number of nitrogens with zero attached hydrogens (tertiary/aromatic N) is 1. The van der Waals surface area contributed by atoms with Crippen molar-refractivity contribution in [2.24, 2.45) is 0 Å². The minimum absolute atomic E-state index is 0.000269. The summed E-state index contributed by atoms with van der Waals surface area (Å²) in [6, 6.07) is 6.09. The highest BCUT2D eigenvalue weighted by Gasteiger charge is 2.30. The summed E-state index contributed by atoms with van der Waals surface area (Å²) in [7, 11) is -3.22. The second-order valence-electron chi connectivity index (χ2n) is 4.38. The number of fused-ring (bicyclic) bond motifs is 1. The molecule has 2 rings (SSSR count). The Balaban J connectivity index is 2.42. The van der Waals surface area contributed by atoms with E-state index in [4.69, 9.17) is 0 Å². The first-order valence-electron chi connectivity index (χ1n) is 5.88. The fourth-order valence-corrected chi connectivity index (χ4v) is 2.57. The van der Waals surface area contributed by atoms with Crippen LogP contribution in [0.4, 0.5) is 13.2 Å². The number of sulfone groups is 1. The first kappa shape index (κ1) is 14.8. The average molecular weight is 303 g/mol. The zero-order valence-electron chi connectivity index (χ0n) is 10.6. The van der Waals surface area contributed by atoms with E-state index in [0.717, 1.165) is 12.1 Å². The van der Waals surface area contributed by atoms with Gasteiger partial charge in [0.15, 0.2) is 9.84 Å². The number of hydrogen-bond acceptors (Lipinski definition) is 3. The van der Waals surface area contributed by atoms with Crippen molar-refractivity contribution in [2.75, 3.05) is 5.75 Å². The van der Waals surface area contributed by atoms with E-state index in [0.29, 0.717) is 16.6 Å². The molecule has 0 aliphatic heterocycles. The summed E-state index contributed by atoms with van der Waals surface area (Å²) in [6.45, 7) is 1.53. The summed E-state index contributed by atoms with van der Waals surface area (Å²) in [6.07, 6.45) is -4.40. The van der Waals surface area contributed by atoms with Gasteiger partial charge in [0, 0.05) is 11.1 Å². The van der Waals surface area contributed by atoms with Gasteiger partial charge in [0.25, 0.3) is 0 Å².